The van der Waals surface area contributed by atoms with Gasteiger partial charge in [-0.05, 0) is 24.1 Å². The molecule has 0 aliphatic heterocycles. The molecule has 3 N–H and O–H groups in total. The number of methoxy groups -OCH3 is 1. The zero-order chi connectivity index (χ0) is 12.1. The van der Waals surface area contributed by atoms with Crippen molar-refractivity contribution in [2.45, 2.75) is 32.2 Å². The van der Waals surface area contributed by atoms with Crippen molar-refractivity contribution in [1.82, 2.24) is 0 Å². The first-order valence-corrected chi connectivity index (χ1v) is 5.79. The number of ether oxygens (including phenoxy) is 1. The van der Waals surface area contributed by atoms with E-state index < -0.39 is 0 Å². The third-order valence-corrected chi connectivity index (χ3v) is 2.86. The van der Waals surface area contributed by atoms with Crippen LogP contribution in [-0.2, 0) is 0 Å². The van der Waals surface area contributed by atoms with Crippen LogP contribution in [0.15, 0.2) is 12.1 Å². The second-order valence-corrected chi connectivity index (χ2v) is 4.21. The molecule has 1 rings (SSSR count). The standard InChI is InChI=1S/C12H18ClNO2.ClH/c1-3-4-5-10(14)8-6-9(13)12(15)11(7-8)16-2;/h6-7,10,15H,3-5,14H2,1-2H3;1H/t10-;/m1./s1. The van der Waals surface area contributed by atoms with Gasteiger partial charge in [-0.15, -0.1) is 12.4 Å². The van der Waals surface area contributed by atoms with Gasteiger partial charge < -0.3 is 15.6 Å². The molecule has 0 aliphatic carbocycles. The lowest BCUT2D eigenvalue weighted by atomic mass is 10.0. The first-order chi connectivity index (χ1) is 7.60. The first kappa shape index (κ1) is 16.4. The first-order valence-electron chi connectivity index (χ1n) is 5.42. The van der Waals surface area contributed by atoms with E-state index in [-0.39, 0.29) is 29.2 Å². The predicted molar refractivity (Wildman–Crippen MR) is 73.4 cm³/mol. The lowest BCUT2D eigenvalue weighted by Gasteiger charge is -2.14. The van der Waals surface area contributed by atoms with Crippen LogP contribution in [0.3, 0.4) is 0 Å². The molecule has 0 aliphatic rings. The van der Waals surface area contributed by atoms with Gasteiger partial charge in [0.15, 0.2) is 11.5 Å². The maximum atomic E-state index is 9.58. The maximum Gasteiger partial charge on any atom is 0.176 e. The zero-order valence-electron chi connectivity index (χ0n) is 10.1. The van der Waals surface area contributed by atoms with Gasteiger partial charge in [0.05, 0.1) is 12.1 Å². The lowest BCUT2D eigenvalue weighted by molar-refractivity contribution is 0.372. The molecule has 5 heteroatoms. The van der Waals surface area contributed by atoms with Gasteiger partial charge in [0, 0.05) is 6.04 Å². The molecule has 0 fully saturated rings. The van der Waals surface area contributed by atoms with Gasteiger partial charge in [-0.1, -0.05) is 31.4 Å². The summed E-state index contributed by atoms with van der Waals surface area (Å²) < 4.78 is 5.03. The normalized spacial score (nSPS) is 11.8. The molecule has 17 heavy (non-hydrogen) atoms. The van der Waals surface area contributed by atoms with E-state index >= 15 is 0 Å². The number of nitrogens with two attached hydrogens (primary N) is 1. The number of phenols is 1. The number of benzene rings is 1. The Morgan fingerprint density at radius 1 is 1.47 bits per heavy atom. The SMILES string of the molecule is CCCC[C@@H](N)c1cc(Cl)c(O)c(OC)c1.Cl. The summed E-state index contributed by atoms with van der Waals surface area (Å²) >= 11 is 5.89. The second kappa shape index (κ2) is 7.64. The summed E-state index contributed by atoms with van der Waals surface area (Å²) in [6.45, 7) is 2.12. The highest BCUT2D eigenvalue weighted by atomic mass is 35.5. The molecule has 0 saturated carbocycles. The Bertz CT molecular complexity index is 359. The van der Waals surface area contributed by atoms with E-state index in [1.807, 2.05) is 0 Å². The summed E-state index contributed by atoms with van der Waals surface area (Å²) in [7, 11) is 1.49. The van der Waals surface area contributed by atoms with Gasteiger partial charge in [-0.3, -0.25) is 0 Å². The average Bonchev–Trinajstić information content (AvgIpc) is 2.29. The van der Waals surface area contributed by atoms with Crippen LogP contribution in [-0.4, -0.2) is 12.2 Å². The minimum atomic E-state index is -0.0630. The van der Waals surface area contributed by atoms with Gasteiger partial charge in [0.25, 0.3) is 0 Å². The molecule has 3 nitrogen and oxygen atoms in total. The van der Waals surface area contributed by atoms with Crippen LogP contribution in [0.25, 0.3) is 0 Å². The van der Waals surface area contributed by atoms with Crippen LogP contribution in [0.2, 0.25) is 5.02 Å². The monoisotopic (exact) mass is 279 g/mol. The molecule has 0 spiro atoms. The molecule has 0 aromatic heterocycles. The lowest BCUT2D eigenvalue weighted by Crippen LogP contribution is -2.10. The Morgan fingerprint density at radius 3 is 2.65 bits per heavy atom. The number of phenolic OH excluding ortho intramolecular Hbond substituents is 1. The fourth-order valence-corrected chi connectivity index (χ4v) is 1.77. The number of halogens is 2. The van der Waals surface area contributed by atoms with Crippen LogP contribution >= 0.6 is 24.0 Å². The van der Waals surface area contributed by atoms with E-state index in [1.54, 1.807) is 12.1 Å². The molecular weight excluding hydrogens is 261 g/mol. The Labute approximate surface area is 113 Å². The molecule has 0 amide bonds. The van der Waals surface area contributed by atoms with Gasteiger partial charge in [-0.25, -0.2) is 0 Å². The molecule has 98 valence electrons. The van der Waals surface area contributed by atoms with Crippen molar-refractivity contribution in [2.24, 2.45) is 5.73 Å². The molecule has 0 bridgehead atoms. The van der Waals surface area contributed by atoms with Crippen molar-refractivity contribution in [3.63, 3.8) is 0 Å². The van der Waals surface area contributed by atoms with Crippen LogP contribution < -0.4 is 10.5 Å². The predicted octanol–water partition coefficient (Wildman–Crippen LogP) is 3.67. The largest absolute Gasteiger partial charge is 0.503 e. The van der Waals surface area contributed by atoms with Gasteiger partial charge in [-0.2, -0.15) is 0 Å². The summed E-state index contributed by atoms with van der Waals surface area (Å²) in [6, 6.07) is 3.37. The number of unbranched alkanes of at least 4 members (excludes halogenated alkanes) is 1. The van der Waals surface area contributed by atoms with E-state index in [4.69, 9.17) is 22.1 Å². The van der Waals surface area contributed by atoms with Crippen LogP contribution in [0, 0.1) is 0 Å². The smallest absolute Gasteiger partial charge is 0.176 e. The second-order valence-electron chi connectivity index (χ2n) is 3.80. The number of rotatable bonds is 5. The Morgan fingerprint density at radius 2 is 2.12 bits per heavy atom. The average molecular weight is 280 g/mol. The van der Waals surface area contributed by atoms with E-state index in [9.17, 15) is 5.11 Å². The minimum absolute atomic E-state index is 0. The van der Waals surface area contributed by atoms with E-state index in [0.29, 0.717) is 5.75 Å². The van der Waals surface area contributed by atoms with E-state index in [1.165, 1.54) is 7.11 Å². The van der Waals surface area contributed by atoms with Crippen molar-refractivity contribution in [3.8, 4) is 11.5 Å². The third-order valence-electron chi connectivity index (χ3n) is 2.57. The fraction of sp³-hybridized carbons (Fsp3) is 0.500. The van der Waals surface area contributed by atoms with E-state index in [0.717, 1.165) is 24.8 Å². The number of aromatic hydroxyl groups is 1. The molecule has 1 aromatic carbocycles. The van der Waals surface area contributed by atoms with Crippen LogP contribution in [0.1, 0.15) is 37.8 Å². The quantitative estimate of drug-likeness (QED) is 0.865. The van der Waals surface area contributed by atoms with Gasteiger partial charge in [0.2, 0.25) is 0 Å². The van der Waals surface area contributed by atoms with Crippen molar-refractivity contribution in [1.29, 1.82) is 0 Å². The minimum Gasteiger partial charge on any atom is -0.503 e. The fourth-order valence-electron chi connectivity index (χ4n) is 1.55. The third kappa shape index (κ3) is 4.26. The molecule has 1 aromatic rings. The van der Waals surface area contributed by atoms with Gasteiger partial charge in [0.1, 0.15) is 0 Å². The van der Waals surface area contributed by atoms with Gasteiger partial charge >= 0.3 is 0 Å². The van der Waals surface area contributed by atoms with E-state index in [2.05, 4.69) is 6.92 Å². The molecular formula is C12H19Cl2NO2. The maximum absolute atomic E-state index is 9.58. The van der Waals surface area contributed by atoms with Crippen molar-refractivity contribution < 1.29 is 9.84 Å². The molecule has 0 heterocycles. The number of hydrogen-bond acceptors (Lipinski definition) is 3. The summed E-state index contributed by atoms with van der Waals surface area (Å²) in [5.41, 5.74) is 6.92. The van der Waals surface area contributed by atoms with Crippen LogP contribution in [0.5, 0.6) is 11.5 Å². The molecule has 0 unspecified atom stereocenters. The topological polar surface area (TPSA) is 55.5 Å². The molecule has 0 saturated heterocycles. The highest BCUT2D eigenvalue weighted by molar-refractivity contribution is 6.32. The highest BCUT2D eigenvalue weighted by Gasteiger charge is 2.13. The Kier molecular flexibility index (Phi) is 7.35. The van der Waals surface area contributed by atoms with Crippen molar-refractivity contribution >= 4 is 24.0 Å². The summed E-state index contributed by atoms with van der Waals surface area (Å²) in [5.74, 6) is 0.338. The number of hydrogen-bond donors (Lipinski definition) is 2. The Hall–Kier alpha value is -0.640. The zero-order valence-corrected chi connectivity index (χ0v) is 11.6. The summed E-state index contributed by atoms with van der Waals surface area (Å²) in [4.78, 5) is 0. The van der Waals surface area contributed by atoms with Crippen molar-refractivity contribution in [2.75, 3.05) is 7.11 Å². The molecule has 1 atom stereocenters. The van der Waals surface area contributed by atoms with Crippen LogP contribution in [0.4, 0.5) is 0 Å². The summed E-state index contributed by atoms with van der Waals surface area (Å²) in [5, 5.41) is 9.86. The summed E-state index contributed by atoms with van der Waals surface area (Å²) in [6.07, 6.45) is 3.08. The van der Waals surface area contributed by atoms with Crippen molar-refractivity contribution in [3.05, 3.63) is 22.7 Å². The Balaban J connectivity index is 0.00000256. The molecule has 0 radical (unpaired) electrons. The highest BCUT2D eigenvalue weighted by Crippen LogP contribution is 2.36.